The highest BCUT2D eigenvalue weighted by molar-refractivity contribution is 5.76. The van der Waals surface area contributed by atoms with Crippen molar-refractivity contribution >= 4 is 5.91 Å². The predicted molar refractivity (Wildman–Crippen MR) is 110 cm³/mol. The number of H-pyrrole nitrogens is 1. The van der Waals surface area contributed by atoms with Gasteiger partial charge in [-0.1, -0.05) is 23.4 Å². The summed E-state index contributed by atoms with van der Waals surface area (Å²) in [4.78, 5) is 32.6. The number of para-hydroxylation sites is 1. The molecule has 0 radical (unpaired) electrons. The number of hydrogen-bond donors (Lipinski definition) is 1. The van der Waals surface area contributed by atoms with Crippen molar-refractivity contribution in [1.82, 2.24) is 20.0 Å². The summed E-state index contributed by atoms with van der Waals surface area (Å²) in [6.45, 7) is 3.69. The molecule has 1 aliphatic heterocycles. The van der Waals surface area contributed by atoms with E-state index in [-0.39, 0.29) is 17.4 Å². The Bertz CT molecular complexity index is 1050. The van der Waals surface area contributed by atoms with Gasteiger partial charge in [-0.2, -0.15) is 4.98 Å². The van der Waals surface area contributed by atoms with Crippen LogP contribution in [0.2, 0.25) is 0 Å². The number of benzene rings is 1. The molecule has 0 spiro atoms. The maximum absolute atomic E-state index is 12.5. The first-order valence-electron chi connectivity index (χ1n) is 10.1. The molecule has 1 saturated heterocycles. The zero-order chi connectivity index (χ0) is 20.9. The molecule has 8 nitrogen and oxygen atoms in total. The van der Waals surface area contributed by atoms with E-state index in [0.29, 0.717) is 43.4 Å². The minimum Gasteiger partial charge on any atom is -0.493 e. The molecular formula is C22H24N4O4. The molecule has 3 aromatic rings. The normalized spacial score (nSPS) is 14.6. The number of hydrogen-bond acceptors (Lipinski definition) is 6. The Morgan fingerprint density at radius 2 is 2.03 bits per heavy atom. The molecule has 1 aromatic carbocycles. The topological polar surface area (TPSA) is 101 Å². The maximum atomic E-state index is 12.5. The summed E-state index contributed by atoms with van der Waals surface area (Å²) in [7, 11) is 0. The van der Waals surface area contributed by atoms with Crippen LogP contribution >= 0.6 is 0 Å². The second kappa shape index (κ2) is 8.94. The quantitative estimate of drug-likeness (QED) is 0.673. The van der Waals surface area contributed by atoms with E-state index in [1.54, 1.807) is 12.3 Å². The lowest BCUT2D eigenvalue weighted by Gasteiger charge is -2.30. The van der Waals surface area contributed by atoms with E-state index in [1.165, 1.54) is 6.07 Å². The lowest BCUT2D eigenvalue weighted by Crippen LogP contribution is -2.38. The summed E-state index contributed by atoms with van der Waals surface area (Å²) in [5, 5.41) is 4.10. The summed E-state index contributed by atoms with van der Waals surface area (Å²) in [6.07, 6.45) is 3.49. The van der Waals surface area contributed by atoms with Gasteiger partial charge in [0.25, 0.3) is 5.89 Å². The molecular weight excluding hydrogens is 384 g/mol. The van der Waals surface area contributed by atoms with Gasteiger partial charge in [-0.05, 0) is 37.5 Å². The number of pyridine rings is 1. The number of aromatic nitrogens is 3. The number of piperidine rings is 1. The lowest BCUT2D eigenvalue weighted by molar-refractivity contribution is -0.132. The van der Waals surface area contributed by atoms with Gasteiger partial charge in [0.2, 0.25) is 11.5 Å². The van der Waals surface area contributed by atoms with Crippen LogP contribution in [0.5, 0.6) is 5.75 Å². The largest absolute Gasteiger partial charge is 0.493 e. The van der Waals surface area contributed by atoms with Crippen LogP contribution in [0.15, 0.2) is 51.9 Å². The van der Waals surface area contributed by atoms with Crippen molar-refractivity contribution in [3.05, 3.63) is 64.3 Å². The molecule has 0 saturated carbocycles. The van der Waals surface area contributed by atoms with Gasteiger partial charge in [0.1, 0.15) is 5.75 Å². The van der Waals surface area contributed by atoms with Gasteiger partial charge in [0.05, 0.1) is 18.6 Å². The van der Waals surface area contributed by atoms with Crippen molar-refractivity contribution in [2.75, 3.05) is 19.7 Å². The van der Waals surface area contributed by atoms with Gasteiger partial charge in [-0.25, -0.2) is 0 Å². The predicted octanol–water partition coefficient (Wildman–Crippen LogP) is 2.91. The maximum Gasteiger partial charge on any atom is 0.259 e. The van der Waals surface area contributed by atoms with Crippen LogP contribution in [0.3, 0.4) is 0 Å². The van der Waals surface area contributed by atoms with Crippen molar-refractivity contribution in [3.63, 3.8) is 0 Å². The molecule has 1 N–H and O–H groups in total. The summed E-state index contributed by atoms with van der Waals surface area (Å²) >= 11 is 0. The van der Waals surface area contributed by atoms with Crippen LogP contribution in [0.4, 0.5) is 0 Å². The fourth-order valence-electron chi connectivity index (χ4n) is 3.57. The SMILES string of the molecule is Cc1ccccc1OCCC(=O)N1CCC(c2noc(-c3ccc(=O)[nH]c3)n2)CC1. The second-order valence-corrected chi connectivity index (χ2v) is 7.42. The molecule has 0 aliphatic carbocycles. The standard InChI is InChI=1S/C22H24N4O4/c1-15-4-2-3-5-18(15)29-13-10-20(28)26-11-8-16(9-12-26)21-24-22(30-25-21)17-6-7-19(27)23-14-17/h2-7,14,16H,8-13H2,1H3,(H,23,27). The van der Waals surface area contributed by atoms with E-state index >= 15 is 0 Å². The average molecular weight is 408 g/mol. The lowest BCUT2D eigenvalue weighted by atomic mass is 9.96. The average Bonchev–Trinajstić information content (AvgIpc) is 3.26. The summed E-state index contributed by atoms with van der Waals surface area (Å²) in [6, 6.07) is 10.9. The van der Waals surface area contributed by atoms with Gasteiger partial charge >= 0.3 is 0 Å². The summed E-state index contributed by atoms with van der Waals surface area (Å²) < 4.78 is 11.1. The molecule has 1 fully saturated rings. The molecule has 2 aromatic heterocycles. The molecule has 4 rings (SSSR count). The Morgan fingerprint density at radius 3 is 2.77 bits per heavy atom. The van der Waals surface area contributed by atoms with Crippen LogP contribution in [0.25, 0.3) is 11.5 Å². The van der Waals surface area contributed by atoms with E-state index in [9.17, 15) is 9.59 Å². The first-order valence-corrected chi connectivity index (χ1v) is 10.1. The van der Waals surface area contributed by atoms with Crippen molar-refractivity contribution in [2.45, 2.75) is 32.1 Å². The molecule has 0 bridgehead atoms. The first-order chi connectivity index (χ1) is 14.6. The zero-order valence-electron chi connectivity index (χ0n) is 16.8. The zero-order valence-corrected chi connectivity index (χ0v) is 16.8. The third-order valence-corrected chi connectivity index (χ3v) is 5.35. The van der Waals surface area contributed by atoms with Crippen LogP contribution in [-0.2, 0) is 4.79 Å². The Kier molecular flexibility index (Phi) is 5.92. The molecule has 156 valence electrons. The number of amides is 1. The number of likely N-dealkylation sites (tertiary alicyclic amines) is 1. The number of nitrogens with zero attached hydrogens (tertiary/aromatic N) is 3. The number of aryl methyl sites for hydroxylation is 1. The Balaban J connectivity index is 1.26. The third-order valence-electron chi connectivity index (χ3n) is 5.35. The molecule has 1 aliphatic rings. The Morgan fingerprint density at radius 1 is 1.23 bits per heavy atom. The van der Waals surface area contributed by atoms with E-state index in [4.69, 9.17) is 9.26 Å². The highest BCUT2D eigenvalue weighted by Crippen LogP contribution is 2.28. The van der Waals surface area contributed by atoms with Crippen LogP contribution in [-0.4, -0.2) is 45.6 Å². The summed E-state index contributed by atoms with van der Waals surface area (Å²) in [5.74, 6) is 2.10. The summed E-state index contributed by atoms with van der Waals surface area (Å²) in [5.41, 5.74) is 1.56. The number of ether oxygens (including phenoxy) is 1. The number of nitrogens with one attached hydrogen (secondary N) is 1. The number of rotatable bonds is 6. The first kappa shape index (κ1) is 19.9. The molecule has 0 unspecified atom stereocenters. The molecule has 0 atom stereocenters. The van der Waals surface area contributed by atoms with Crippen LogP contribution in [0, 0.1) is 6.92 Å². The minimum absolute atomic E-state index is 0.101. The number of aromatic amines is 1. The van der Waals surface area contributed by atoms with Gasteiger partial charge in [-0.15, -0.1) is 0 Å². The number of carbonyl (C=O) groups is 1. The Hall–Kier alpha value is -3.42. The van der Waals surface area contributed by atoms with Crippen molar-refractivity contribution in [3.8, 4) is 17.2 Å². The smallest absolute Gasteiger partial charge is 0.259 e. The van der Waals surface area contributed by atoms with Gasteiger partial charge in [-0.3, -0.25) is 9.59 Å². The van der Waals surface area contributed by atoms with E-state index in [1.807, 2.05) is 36.1 Å². The van der Waals surface area contributed by atoms with Gasteiger partial charge in [0.15, 0.2) is 5.82 Å². The Labute approximate surface area is 173 Å². The van der Waals surface area contributed by atoms with Crippen LogP contribution < -0.4 is 10.3 Å². The van der Waals surface area contributed by atoms with Crippen LogP contribution in [0.1, 0.15) is 36.6 Å². The highest BCUT2D eigenvalue weighted by Gasteiger charge is 2.27. The molecule has 3 heterocycles. The minimum atomic E-state index is -0.181. The number of carbonyl (C=O) groups excluding carboxylic acids is 1. The van der Waals surface area contributed by atoms with E-state index < -0.39 is 0 Å². The highest BCUT2D eigenvalue weighted by atomic mass is 16.5. The molecule has 8 heteroatoms. The molecule has 1 amide bonds. The second-order valence-electron chi connectivity index (χ2n) is 7.42. The fraction of sp³-hybridized carbons (Fsp3) is 0.364. The molecule has 30 heavy (non-hydrogen) atoms. The fourth-order valence-corrected chi connectivity index (χ4v) is 3.57. The van der Waals surface area contributed by atoms with Crippen molar-refractivity contribution in [1.29, 1.82) is 0 Å². The third kappa shape index (κ3) is 4.59. The van der Waals surface area contributed by atoms with Gasteiger partial charge in [0, 0.05) is 31.3 Å². The van der Waals surface area contributed by atoms with E-state index in [2.05, 4.69) is 15.1 Å². The van der Waals surface area contributed by atoms with E-state index in [0.717, 1.165) is 24.2 Å². The van der Waals surface area contributed by atoms with Crippen molar-refractivity contribution < 1.29 is 14.1 Å². The van der Waals surface area contributed by atoms with Gasteiger partial charge < -0.3 is 19.1 Å². The monoisotopic (exact) mass is 408 g/mol. The van der Waals surface area contributed by atoms with Crippen molar-refractivity contribution in [2.24, 2.45) is 0 Å².